The highest BCUT2D eigenvalue weighted by Gasteiger charge is 2.35. The molecule has 0 aliphatic carbocycles. The first-order valence-corrected chi connectivity index (χ1v) is 7.39. The monoisotopic (exact) mass is 287 g/mol. The van der Waals surface area contributed by atoms with Crippen LogP contribution in [0.4, 0.5) is 0 Å². The molecule has 0 amide bonds. The Balaban J connectivity index is 2.67. The molecule has 0 aliphatic rings. The van der Waals surface area contributed by atoms with Gasteiger partial charge in [-0.05, 0) is 25.3 Å². The fourth-order valence-corrected chi connectivity index (χ4v) is 2.98. The average Bonchev–Trinajstić information content (AvgIpc) is 2.89. The summed E-state index contributed by atoms with van der Waals surface area (Å²) in [7, 11) is 0. The van der Waals surface area contributed by atoms with E-state index in [4.69, 9.17) is 0 Å². The topological polar surface area (TPSA) is 59.3 Å². The molecule has 0 unspecified atom stereocenters. The summed E-state index contributed by atoms with van der Waals surface area (Å²) in [5.74, 6) is -1.02. The Bertz CT molecular complexity index is 672. The van der Waals surface area contributed by atoms with Gasteiger partial charge < -0.3 is 5.11 Å². The zero-order chi connectivity index (χ0) is 15.6. The Morgan fingerprint density at radius 1 is 1.10 bits per heavy atom. The lowest BCUT2D eigenvalue weighted by atomic mass is 9.79. The molecule has 2 aromatic rings. The summed E-state index contributed by atoms with van der Waals surface area (Å²) >= 11 is 0. The van der Waals surface area contributed by atoms with Crippen LogP contribution in [-0.4, -0.2) is 21.6 Å². The minimum Gasteiger partial charge on any atom is -0.478 e. The lowest BCUT2D eigenvalue weighted by molar-refractivity contribution is 0.0674. The Morgan fingerprint density at radius 2 is 1.67 bits per heavy atom. The van der Waals surface area contributed by atoms with E-state index in [9.17, 15) is 14.7 Å². The van der Waals surface area contributed by atoms with Crippen molar-refractivity contribution < 1.29 is 14.7 Å². The maximum atomic E-state index is 13.0. The summed E-state index contributed by atoms with van der Waals surface area (Å²) in [5, 5.41) is 9.93. The number of carbonyl (C=O) groups excluding carboxylic acids is 1. The third-order valence-corrected chi connectivity index (χ3v) is 4.65. The first-order valence-electron chi connectivity index (χ1n) is 7.39. The Kier molecular flexibility index (Phi) is 4.16. The number of benzene rings is 1. The number of aromatic nitrogens is 1. The van der Waals surface area contributed by atoms with Crippen LogP contribution in [0.15, 0.2) is 30.5 Å². The Labute approximate surface area is 124 Å². The van der Waals surface area contributed by atoms with Gasteiger partial charge in [0, 0.05) is 17.0 Å². The minimum absolute atomic E-state index is 0.0151. The predicted octanol–water partition coefficient (Wildman–Crippen LogP) is 4.20. The van der Waals surface area contributed by atoms with Crippen LogP contribution >= 0.6 is 0 Å². The molecule has 0 spiro atoms. The van der Waals surface area contributed by atoms with Crippen LogP contribution in [0.1, 0.15) is 55.2 Å². The number of hydrogen-bond donors (Lipinski definition) is 1. The number of para-hydroxylation sites is 1. The van der Waals surface area contributed by atoms with Gasteiger partial charge in [0.15, 0.2) is 0 Å². The SMILES string of the molecule is CCC(CC)(CC)C(=O)n1cc(C(=O)O)c2ccccc21. The molecule has 0 saturated carbocycles. The molecular formula is C17H21NO3. The van der Waals surface area contributed by atoms with Gasteiger partial charge in [-0.25, -0.2) is 4.79 Å². The molecule has 0 atom stereocenters. The van der Waals surface area contributed by atoms with Gasteiger partial charge in [-0.3, -0.25) is 9.36 Å². The van der Waals surface area contributed by atoms with E-state index < -0.39 is 11.4 Å². The van der Waals surface area contributed by atoms with Gasteiger partial charge in [0.05, 0.1) is 11.1 Å². The molecule has 1 aromatic heterocycles. The molecule has 1 heterocycles. The number of nitrogens with zero attached hydrogens (tertiary/aromatic N) is 1. The summed E-state index contributed by atoms with van der Waals surface area (Å²) in [6, 6.07) is 7.15. The lowest BCUT2D eigenvalue weighted by Crippen LogP contribution is -2.33. The van der Waals surface area contributed by atoms with Crippen LogP contribution in [0.25, 0.3) is 10.9 Å². The van der Waals surface area contributed by atoms with Crippen molar-refractivity contribution >= 4 is 22.8 Å². The molecule has 0 saturated heterocycles. The number of carboxylic acids is 1. The van der Waals surface area contributed by atoms with E-state index in [1.165, 1.54) is 10.8 Å². The number of carboxylic acid groups (broad SMARTS) is 1. The standard InChI is InChI=1S/C17H21NO3/c1-4-17(5-2,6-3)16(21)18-11-13(15(19)20)12-9-7-8-10-14(12)18/h7-11H,4-6H2,1-3H3,(H,19,20). The Hall–Kier alpha value is -2.10. The van der Waals surface area contributed by atoms with Crippen LogP contribution in [0.3, 0.4) is 0 Å². The van der Waals surface area contributed by atoms with Crippen molar-refractivity contribution in [3.8, 4) is 0 Å². The fraction of sp³-hybridized carbons (Fsp3) is 0.412. The maximum absolute atomic E-state index is 13.0. The van der Waals surface area contributed by atoms with E-state index in [2.05, 4.69) is 0 Å². The highest BCUT2D eigenvalue weighted by atomic mass is 16.4. The van der Waals surface area contributed by atoms with Crippen LogP contribution in [0.2, 0.25) is 0 Å². The molecule has 112 valence electrons. The molecule has 1 N–H and O–H groups in total. The van der Waals surface area contributed by atoms with Crippen LogP contribution < -0.4 is 0 Å². The lowest BCUT2D eigenvalue weighted by Gasteiger charge is -2.29. The normalized spacial score (nSPS) is 11.8. The molecule has 2 rings (SSSR count). The second-order valence-electron chi connectivity index (χ2n) is 5.38. The van der Waals surface area contributed by atoms with Gasteiger partial charge >= 0.3 is 5.97 Å². The number of aromatic carboxylic acids is 1. The number of hydrogen-bond acceptors (Lipinski definition) is 2. The highest BCUT2D eigenvalue weighted by molar-refractivity contribution is 6.07. The average molecular weight is 287 g/mol. The molecule has 0 radical (unpaired) electrons. The van der Waals surface area contributed by atoms with Gasteiger partial charge in [-0.15, -0.1) is 0 Å². The summed E-state index contributed by atoms with van der Waals surface area (Å²) in [6.45, 7) is 6.03. The largest absolute Gasteiger partial charge is 0.478 e. The van der Waals surface area contributed by atoms with Gasteiger partial charge in [0.2, 0.25) is 5.91 Å². The summed E-state index contributed by atoms with van der Waals surface area (Å²) < 4.78 is 1.52. The van der Waals surface area contributed by atoms with E-state index in [1.54, 1.807) is 18.2 Å². The van der Waals surface area contributed by atoms with Crippen molar-refractivity contribution in [3.63, 3.8) is 0 Å². The second kappa shape index (κ2) is 5.72. The minimum atomic E-state index is -1.01. The van der Waals surface area contributed by atoms with Crippen molar-refractivity contribution in [1.29, 1.82) is 0 Å². The molecule has 0 bridgehead atoms. The van der Waals surface area contributed by atoms with Gasteiger partial charge in [0.1, 0.15) is 0 Å². The summed E-state index contributed by atoms with van der Waals surface area (Å²) in [6.07, 6.45) is 3.69. The molecule has 4 heteroatoms. The first kappa shape index (κ1) is 15.3. The maximum Gasteiger partial charge on any atom is 0.337 e. The molecule has 1 aromatic carbocycles. The Morgan fingerprint density at radius 3 is 2.19 bits per heavy atom. The number of carbonyl (C=O) groups is 2. The molecule has 4 nitrogen and oxygen atoms in total. The van der Waals surface area contributed by atoms with Crippen molar-refractivity contribution in [1.82, 2.24) is 4.57 Å². The van der Waals surface area contributed by atoms with E-state index in [1.807, 2.05) is 26.8 Å². The van der Waals surface area contributed by atoms with Crippen molar-refractivity contribution in [3.05, 3.63) is 36.0 Å². The highest BCUT2D eigenvalue weighted by Crippen LogP contribution is 2.34. The van der Waals surface area contributed by atoms with Crippen LogP contribution in [0.5, 0.6) is 0 Å². The van der Waals surface area contributed by atoms with Crippen LogP contribution in [0, 0.1) is 5.41 Å². The quantitative estimate of drug-likeness (QED) is 0.896. The predicted molar refractivity (Wildman–Crippen MR) is 82.8 cm³/mol. The second-order valence-corrected chi connectivity index (χ2v) is 5.38. The molecular weight excluding hydrogens is 266 g/mol. The zero-order valence-corrected chi connectivity index (χ0v) is 12.7. The van der Waals surface area contributed by atoms with E-state index in [0.717, 1.165) is 19.3 Å². The molecule has 21 heavy (non-hydrogen) atoms. The fourth-order valence-electron chi connectivity index (χ4n) is 2.98. The van der Waals surface area contributed by atoms with E-state index in [0.29, 0.717) is 10.9 Å². The van der Waals surface area contributed by atoms with Crippen molar-refractivity contribution in [2.75, 3.05) is 0 Å². The zero-order valence-electron chi connectivity index (χ0n) is 12.7. The summed E-state index contributed by atoms with van der Waals surface area (Å²) in [4.78, 5) is 24.4. The smallest absolute Gasteiger partial charge is 0.337 e. The number of fused-ring (bicyclic) bond motifs is 1. The molecule has 0 fully saturated rings. The molecule has 0 aliphatic heterocycles. The third kappa shape index (κ3) is 2.35. The number of rotatable bonds is 5. The third-order valence-electron chi connectivity index (χ3n) is 4.65. The summed E-state index contributed by atoms with van der Waals surface area (Å²) in [5.41, 5.74) is 0.410. The van der Waals surface area contributed by atoms with Crippen LogP contribution in [-0.2, 0) is 0 Å². The van der Waals surface area contributed by atoms with Gasteiger partial charge in [-0.1, -0.05) is 39.0 Å². The van der Waals surface area contributed by atoms with Gasteiger partial charge in [0.25, 0.3) is 0 Å². The van der Waals surface area contributed by atoms with Crippen molar-refractivity contribution in [2.24, 2.45) is 5.41 Å². The van der Waals surface area contributed by atoms with E-state index >= 15 is 0 Å². The van der Waals surface area contributed by atoms with Gasteiger partial charge in [-0.2, -0.15) is 0 Å². The van der Waals surface area contributed by atoms with Crippen molar-refractivity contribution in [2.45, 2.75) is 40.0 Å². The van der Waals surface area contributed by atoms with E-state index in [-0.39, 0.29) is 11.5 Å². The first-order chi connectivity index (χ1) is 10.0.